The molecule has 0 radical (unpaired) electrons. The highest BCUT2D eigenvalue weighted by Crippen LogP contribution is 2.29. The molecule has 1 aromatic rings. The van der Waals surface area contributed by atoms with Crippen LogP contribution in [-0.4, -0.2) is 24.4 Å². The van der Waals surface area contributed by atoms with Gasteiger partial charge in [0, 0.05) is 18.5 Å². The van der Waals surface area contributed by atoms with Gasteiger partial charge >= 0.3 is 0 Å². The van der Waals surface area contributed by atoms with Crippen LogP contribution in [0.4, 0.5) is 0 Å². The fourth-order valence-electron chi connectivity index (χ4n) is 2.63. The third-order valence-electron chi connectivity index (χ3n) is 3.90. The smallest absolute Gasteiger partial charge is 0.263 e. The minimum Gasteiger partial charge on any atom is -0.341 e. The SMILES string of the molecule is CCCCN(C)C(=O)c1cc2c(s1)CCCCCC2. The van der Waals surface area contributed by atoms with Gasteiger partial charge in [-0.3, -0.25) is 4.79 Å². The van der Waals surface area contributed by atoms with Gasteiger partial charge in [0.25, 0.3) is 5.91 Å². The number of unbranched alkanes of at least 4 members (excludes halogenated alkanes) is 1. The van der Waals surface area contributed by atoms with Crippen LogP contribution < -0.4 is 0 Å². The molecule has 2 nitrogen and oxygen atoms in total. The maximum atomic E-state index is 12.4. The Bertz CT molecular complexity index is 399. The van der Waals surface area contributed by atoms with E-state index in [0.717, 1.165) is 30.7 Å². The van der Waals surface area contributed by atoms with Gasteiger partial charge in [-0.25, -0.2) is 0 Å². The van der Waals surface area contributed by atoms with Gasteiger partial charge in [-0.05, 0) is 43.7 Å². The molecule has 1 amide bonds. The molecule has 0 saturated heterocycles. The van der Waals surface area contributed by atoms with Crippen molar-refractivity contribution >= 4 is 17.2 Å². The predicted octanol–water partition coefficient (Wildman–Crippen LogP) is 4.28. The molecule has 2 rings (SSSR count). The summed E-state index contributed by atoms with van der Waals surface area (Å²) in [4.78, 5) is 16.7. The van der Waals surface area contributed by atoms with E-state index in [1.165, 1.54) is 42.5 Å². The van der Waals surface area contributed by atoms with Crippen molar-refractivity contribution in [1.29, 1.82) is 0 Å². The van der Waals surface area contributed by atoms with Crippen LogP contribution in [0.1, 0.15) is 65.6 Å². The highest BCUT2D eigenvalue weighted by molar-refractivity contribution is 7.14. The first-order chi connectivity index (χ1) is 9.22. The van der Waals surface area contributed by atoms with E-state index >= 15 is 0 Å². The summed E-state index contributed by atoms with van der Waals surface area (Å²) < 4.78 is 0. The third-order valence-corrected chi connectivity index (χ3v) is 5.13. The average Bonchev–Trinajstić information content (AvgIpc) is 2.77. The number of amides is 1. The van der Waals surface area contributed by atoms with Crippen molar-refractivity contribution in [2.45, 2.75) is 58.3 Å². The van der Waals surface area contributed by atoms with E-state index in [-0.39, 0.29) is 5.91 Å². The molecule has 1 heterocycles. The molecule has 1 aliphatic carbocycles. The highest BCUT2D eigenvalue weighted by atomic mass is 32.1. The maximum Gasteiger partial charge on any atom is 0.263 e. The molecule has 0 bridgehead atoms. The highest BCUT2D eigenvalue weighted by Gasteiger charge is 2.18. The maximum absolute atomic E-state index is 12.4. The number of carbonyl (C=O) groups excluding carboxylic acids is 1. The van der Waals surface area contributed by atoms with Crippen molar-refractivity contribution in [3.8, 4) is 0 Å². The van der Waals surface area contributed by atoms with E-state index in [2.05, 4.69) is 13.0 Å². The Morgan fingerprint density at radius 3 is 2.74 bits per heavy atom. The number of thiophene rings is 1. The van der Waals surface area contributed by atoms with Crippen molar-refractivity contribution in [2.75, 3.05) is 13.6 Å². The predicted molar refractivity (Wildman–Crippen MR) is 82.1 cm³/mol. The van der Waals surface area contributed by atoms with E-state index in [0.29, 0.717) is 0 Å². The molecule has 0 N–H and O–H groups in total. The van der Waals surface area contributed by atoms with E-state index in [9.17, 15) is 4.79 Å². The van der Waals surface area contributed by atoms with Crippen LogP contribution in [-0.2, 0) is 12.8 Å². The second kappa shape index (κ2) is 7.09. The van der Waals surface area contributed by atoms with Gasteiger partial charge in [-0.2, -0.15) is 0 Å². The normalized spacial score (nSPS) is 15.5. The Hall–Kier alpha value is -0.830. The van der Waals surface area contributed by atoms with Crippen LogP contribution in [0.3, 0.4) is 0 Å². The molecule has 3 heteroatoms. The van der Waals surface area contributed by atoms with Gasteiger partial charge in [0.15, 0.2) is 0 Å². The first-order valence-electron chi connectivity index (χ1n) is 7.59. The average molecular weight is 279 g/mol. The molecule has 0 fully saturated rings. The molecule has 0 atom stereocenters. The standard InChI is InChI=1S/C16H25NOS/c1-3-4-11-17(2)16(18)15-12-13-9-7-5-6-8-10-14(13)19-15/h12H,3-11H2,1-2H3. The molecule has 0 saturated carbocycles. The van der Waals surface area contributed by atoms with Crippen LogP contribution in [0.15, 0.2) is 6.07 Å². The van der Waals surface area contributed by atoms with Crippen molar-refractivity contribution in [3.05, 3.63) is 21.4 Å². The Labute approximate surface area is 120 Å². The molecule has 1 aliphatic rings. The minimum atomic E-state index is 0.213. The van der Waals surface area contributed by atoms with Gasteiger partial charge in [0.1, 0.15) is 0 Å². The molecule has 106 valence electrons. The van der Waals surface area contributed by atoms with Crippen LogP contribution in [0.2, 0.25) is 0 Å². The molecular weight excluding hydrogens is 254 g/mol. The van der Waals surface area contributed by atoms with Gasteiger partial charge in [0.05, 0.1) is 4.88 Å². The Morgan fingerprint density at radius 2 is 2.00 bits per heavy atom. The van der Waals surface area contributed by atoms with E-state index in [1.807, 2.05) is 11.9 Å². The molecule has 1 aromatic heterocycles. The number of fused-ring (bicyclic) bond motifs is 1. The number of nitrogens with zero attached hydrogens (tertiary/aromatic N) is 1. The zero-order chi connectivity index (χ0) is 13.7. The molecular formula is C16H25NOS. The molecule has 0 spiro atoms. The van der Waals surface area contributed by atoms with Crippen molar-refractivity contribution in [1.82, 2.24) is 4.90 Å². The van der Waals surface area contributed by atoms with Crippen LogP contribution in [0.25, 0.3) is 0 Å². The van der Waals surface area contributed by atoms with Crippen LogP contribution in [0, 0.1) is 0 Å². The Morgan fingerprint density at radius 1 is 1.26 bits per heavy atom. The van der Waals surface area contributed by atoms with E-state index in [4.69, 9.17) is 0 Å². The lowest BCUT2D eigenvalue weighted by Crippen LogP contribution is -2.26. The third kappa shape index (κ3) is 3.82. The lowest BCUT2D eigenvalue weighted by molar-refractivity contribution is 0.0798. The van der Waals surface area contributed by atoms with Gasteiger partial charge in [0.2, 0.25) is 0 Å². The molecule has 0 aliphatic heterocycles. The summed E-state index contributed by atoms with van der Waals surface area (Å²) in [7, 11) is 1.93. The lowest BCUT2D eigenvalue weighted by atomic mass is 10.00. The minimum absolute atomic E-state index is 0.213. The fraction of sp³-hybridized carbons (Fsp3) is 0.688. The van der Waals surface area contributed by atoms with E-state index in [1.54, 1.807) is 11.3 Å². The summed E-state index contributed by atoms with van der Waals surface area (Å²) in [5.41, 5.74) is 1.44. The summed E-state index contributed by atoms with van der Waals surface area (Å²) in [6.45, 7) is 3.03. The van der Waals surface area contributed by atoms with Gasteiger partial charge in [-0.1, -0.05) is 26.2 Å². The van der Waals surface area contributed by atoms with Crippen LogP contribution in [0.5, 0.6) is 0 Å². The van der Waals surface area contributed by atoms with Crippen molar-refractivity contribution in [3.63, 3.8) is 0 Å². The largest absolute Gasteiger partial charge is 0.341 e. The summed E-state index contributed by atoms with van der Waals surface area (Å²) in [5, 5.41) is 0. The number of hydrogen-bond acceptors (Lipinski definition) is 2. The monoisotopic (exact) mass is 279 g/mol. The Balaban J connectivity index is 2.07. The van der Waals surface area contributed by atoms with Gasteiger partial charge in [-0.15, -0.1) is 11.3 Å². The van der Waals surface area contributed by atoms with E-state index < -0.39 is 0 Å². The molecule has 0 aromatic carbocycles. The Kier molecular flexibility index (Phi) is 5.44. The topological polar surface area (TPSA) is 20.3 Å². The number of carbonyl (C=O) groups is 1. The summed E-state index contributed by atoms with van der Waals surface area (Å²) in [6.07, 6.45) is 9.82. The lowest BCUT2D eigenvalue weighted by Gasteiger charge is -2.15. The van der Waals surface area contributed by atoms with Gasteiger partial charge < -0.3 is 4.90 Å². The summed E-state index contributed by atoms with van der Waals surface area (Å²) in [5.74, 6) is 0.213. The number of aryl methyl sites for hydroxylation is 2. The van der Waals surface area contributed by atoms with Crippen molar-refractivity contribution < 1.29 is 4.79 Å². The van der Waals surface area contributed by atoms with Crippen molar-refractivity contribution in [2.24, 2.45) is 0 Å². The quantitative estimate of drug-likeness (QED) is 0.805. The number of hydrogen-bond donors (Lipinski definition) is 0. The molecule has 19 heavy (non-hydrogen) atoms. The van der Waals surface area contributed by atoms with Crippen LogP contribution >= 0.6 is 11.3 Å². The zero-order valence-electron chi connectivity index (χ0n) is 12.2. The molecule has 0 unspecified atom stereocenters. The zero-order valence-corrected chi connectivity index (χ0v) is 13.0. The summed E-state index contributed by atoms with van der Waals surface area (Å²) in [6, 6.07) is 2.16. The fourth-order valence-corrected chi connectivity index (χ4v) is 3.88. The second-order valence-corrected chi connectivity index (χ2v) is 6.69. The first-order valence-corrected chi connectivity index (χ1v) is 8.41. The second-order valence-electron chi connectivity index (χ2n) is 5.55. The summed E-state index contributed by atoms with van der Waals surface area (Å²) >= 11 is 1.74. The number of rotatable bonds is 4. The first kappa shape index (κ1) is 14.6.